The Morgan fingerprint density at radius 1 is 1.55 bits per heavy atom. The molecular formula is C9H9NS. The van der Waals surface area contributed by atoms with E-state index >= 15 is 0 Å². The lowest BCUT2D eigenvalue weighted by atomic mass is 10.2. The first-order valence-electron chi connectivity index (χ1n) is 3.63. The van der Waals surface area contributed by atoms with Crippen molar-refractivity contribution >= 4 is 23.5 Å². The van der Waals surface area contributed by atoms with Gasteiger partial charge in [-0.15, -0.1) is 11.3 Å². The maximum absolute atomic E-state index is 4.24. The minimum Gasteiger partial charge on any atom is -0.245 e. The van der Waals surface area contributed by atoms with Gasteiger partial charge in [-0.05, 0) is 25.5 Å². The van der Waals surface area contributed by atoms with Crippen molar-refractivity contribution in [3.8, 4) is 0 Å². The van der Waals surface area contributed by atoms with Crippen LogP contribution in [0.1, 0.15) is 23.9 Å². The van der Waals surface area contributed by atoms with Crippen LogP contribution in [0.5, 0.6) is 0 Å². The second-order valence-corrected chi connectivity index (χ2v) is 3.59. The number of hydrogen-bond acceptors (Lipinski definition) is 2. The molecule has 1 aromatic heterocycles. The fourth-order valence-electron chi connectivity index (χ4n) is 1.14. The zero-order chi connectivity index (χ0) is 7.68. The first-order chi connectivity index (χ1) is 5.36. The van der Waals surface area contributed by atoms with Crippen LogP contribution in [0, 0.1) is 0 Å². The average molecular weight is 163 g/mol. The fourth-order valence-corrected chi connectivity index (χ4v) is 1.93. The Morgan fingerprint density at radius 3 is 3.36 bits per heavy atom. The standard InChI is InChI=1S/C9H9NS/c1-7-3-2-4-8-9(5-7)11-6-10-8/h2,4-6H,3H2,1H3. The lowest BCUT2D eigenvalue weighted by Gasteiger charge is -1.89. The van der Waals surface area contributed by atoms with Gasteiger partial charge in [-0.2, -0.15) is 0 Å². The molecule has 0 radical (unpaired) electrons. The van der Waals surface area contributed by atoms with Gasteiger partial charge in [-0.25, -0.2) is 4.98 Å². The molecule has 56 valence electrons. The van der Waals surface area contributed by atoms with Gasteiger partial charge in [0.15, 0.2) is 0 Å². The predicted molar refractivity (Wildman–Crippen MR) is 49.4 cm³/mol. The van der Waals surface area contributed by atoms with Gasteiger partial charge >= 0.3 is 0 Å². The molecule has 2 rings (SSSR count). The topological polar surface area (TPSA) is 12.9 Å². The largest absolute Gasteiger partial charge is 0.245 e. The molecule has 0 atom stereocenters. The summed E-state index contributed by atoms with van der Waals surface area (Å²) in [5.41, 5.74) is 4.42. The van der Waals surface area contributed by atoms with Gasteiger partial charge in [0.2, 0.25) is 0 Å². The van der Waals surface area contributed by atoms with E-state index in [0.29, 0.717) is 0 Å². The van der Waals surface area contributed by atoms with Crippen LogP contribution in [0.4, 0.5) is 0 Å². The summed E-state index contributed by atoms with van der Waals surface area (Å²) in [6.07, 6.45) is 7.53. The van der Waals surface area contributed by atoms with E-state index in [1.54, 1.807) is 11.3 Å². The molecule has 0 saturated heterocycles. The Kier molecular flexibility index (Phi) is 1.62. The molecule has 0 fully saturated rings. The van der Waals surface area contributed by atoms with Crippen LogP contribution >= 0.6 is 11.3 Å². The summed E-state index contributed by atoms with van der Waals surface area (Å²) in [5.74, 6) is 0. The Labute approximate surface area is 70.1 Å². The van der Waals surface area contributed by atoms with Crippen LogP contribution in [0.3, 0.4) is 0 Å². The zero-order valence-corrected chi connectivity index (χ0v) is 7.19. The summed E-state index contributed by atoms with van der Waals surface area (Å²) < 4.78 is 0. The number of aromatic nitrogens is 1. The molecule has 0 saturated carbocycles. The van der Waals surface area contributed by atoms with Crippen molar-refractivity contribution < 1.29 is 0 Å². The third-order valence-electron chi connectivity index (χ3n) is 1.72. The van der Waals surface area contributed by atoms with Crippen molar-refractivity contribution in [2.75, 3.05) is 0 Å². The van der Waals surface area contributed by atoms with E-state index in [0.717, 1.165) is 12.1 Å². The van der Waals surface area contributed by atoms with Gasteiger partial charge in [0.1, 0.15) is 0 Å². The molecule has 1 aromatic rings. The Bertz CT molecular complexity index is 320. The number of allylic oxidation sites excluding steroid dienone is 2. The molecule has 0 aromatic carbocycles. The zero-order valence-electron chi connectivity index (χ0n) is 6.37. The second kappa shape index (κ2) is 2.62. The van der Waals surface area contributed by atoms with Gasteiger partial charge in [0.25, 0.3) is 0 Å². The highest BCUT2D eigenvalue weighted by molar-refractivity contribution is 7.10. The third kappa shape index (κ3) is 1.26. The van der Waals surface area contributed by atoms with Crippen molar-refractivity contribution in [2.24, 2.45) is 0 Å². The van der Waals surface area contributed by atoms with E-state index in [1.165, 1.54) is 10.5 Å². The maximum Gasteiger partial charge on any atom is 0.0808 e. The molecule has 0 bridgehead atoms. The number of fused-ring (bicyclic) bond motifs is 1. The van der Waals surface area contributed by atoms with E-state index in [9.17, 15) is 0 Å². The van der Waals surface area contributed by atoms with Crippen molar-refractivity contribution in [1.82, 2.24) is 4.98 Å². The first kappa shape index (κ1) is 6.80. The molecule has 0 N–H and O–H groups in total. The molecule has 1 aliphatic rings. The van der Waals surface area contributed by atoms with Gasteiger partial charge in [-0.3, -0.25) is 0 Å². The molecule has 11 heavy (non-hydrogen) atoms. The molecule has 0 spiro atoms. The van der Waals surface area contributed by atoms with Crippen LogP contribution in [-0.2, 0) is 0 Å². The molecule has 2 heteroatoms. The molecule has 1 nitrogen and oxygen atoms in total. The normalized spacial score (nSPS) is 15.5. The average Bonchev–Trinajstić information content (AvgIpc) is 2.31. The van der Waals surface area contributed by atoms with Crippen LogP contribution in [0.15, 0.2) is 17.2 Å². The summed E-state index contributed by atoms with van der Waals surface area (Å²) in [7, 11) is 0. The van der Waals surface area contributed by atoms with Gasteiger partial charge < -0.3 is 0 Å². The van der Waals surface area contributed by atoms with E-state index in [-0.39, 0.29) is 0 Å². The summed E-state index contributed by atoms with van der Waals surface area (Å²) in [4.78, 5) is 5.53. The highest BCUT2D eigenvalue weighted by Crippen LogP contribution is 2.22. The highest BCUT2D eigenvalue weighted by Gasteiger charge is 2.02. The van der Waals surface area contributed by atoms with Crippen molar-refractivity contribution in [3.05, 3.63) is 27.7 Å². The number of rotatable bonds is 0. The van der Waals surface area contributed by atoms with E-state index < -0.39 is 0 Å². The van der Waals surface area contributed by atoms with E-state index in [4.69, 9.17) is 0 Å². The number of hydrogen-bond donors (Lipinski definition) is 0. The van der Waals surface area contributed by atoms with Crippen LogP contribution in [0.25, 0.3) is 12.2 Å². The van der Waals surface area contributed by atoms with Gasteiger partial charge in [0, 0.05) is 0 Å². The minimum absolute atomic E-state index is 1.06. The fraction of sp³-hybridized carbons (Fsp3) is 0.222. The molecule has 1 heterocycles. The SMILES string of the molecule is CC1=Cc2scnc2C=CC1. The Hall–Kier alpha value is -0.890. The molecular weight excluding hydrogens is 154 g/mol. The monoisotopic (exact) mass is 163 g/mol. The van der Waals surface area contributed by atoms with E-state index in [1.807, 2.05) is 5.51 Å². The quantitative estimate of drug-likeness (QED) is 0.573. The molecule has 0 unspecified atom stereocenters. The van der Waals surface area contributed by atoms with Gasteiger partial charge in [0.05, 0.1) is 16.1 Å². The van der Waals surface area contributed by atoms with Crippen molar-refractivity contribution in [2.45, 2.75) is 13.3 Å². The molecule has 0 aliphatic heterocycles. The lowest BCUT2D eigenvalue weighted by molar-refractivity contribution is 1.25. The molecule has 1 aliphatic carbocycles. The summed E-state index contributed by atoms with van der Waals surface area (Å²) >= 11 is 1.70. The smallest absolute Gasteiger partial charge is 0.0808 e. The molecule has 0 amide bonds. The summed E-state index contributed by atoms with van der Waals surface area (Å²) in [6.45, 7) is 2.15. The van der Waals surface area contributed by atoms with E-state index in [2.05, 4.69) is 30.1 Å². The predicted octanol–water partition coefficient (Wildman–Crippen LogP) is 2.96. The van der Waals surface area contributed by atoms with Crippen molar-refractivity contribution in [3.63, 3.8) is 0 Å². The van der Waals surface area contributed by atoms with Crippen molar-refractivity contribution in [1.29, 1.82) is 0 Å². The summed E-state index contributed by atoms with van der Waals surface area (Å²) in [5, 5.41) is 0. The van der Waals surface area contributed by atoms with Gasteiger partial charge in [-0.1, -0.05) is 11.6 Å². The third-order valence-corrected chi connectivity index (χ3v) is 2.51. The van der Waals surface area contributed by atoms with Crippen LogP contribution < -0.4 is 0 Å². The number of nitrogens with zero attached hydrogens (tertiary/aromatic N) is 1. The highest BCUT2D eigenvalue weighted by atomic mass is 32.1. The Morgan fingerprint density at radius 2 is 2.45 bits per heavy atom. The van der Waals surface area contributed by atoms with Crippen LogP contribution in [-0.4, -0.2) is 4.98 Å². The Balaban J connectivity index is 2.55. The number of thiazole rings is 1. The first-order valence-corrected chi connectivity index (χ1v) is 4.51. The minimum atomic E-state index is 1.06. The lowest BCUT2D eigenvalue weighted by Crippen LogP contribution is -1.71. The van der Waals surface area contributed by atoms with Crippen LogP contribution in [0.2, 0.25) is 0 Å². The maximum atomic E-state index is 4.24. The second-order valence-electron chi connectivity index (χ2n) is 2.70. The summed E-state index contributed by atoms with van der Waals surface area (Å²) in [6, 6.07) is 0.